The maximum atomic E-state index is 12.0. The lowest BCUT2D eigenvalue weighted by molar-refractivity contribution is 0.0691. The average Bonchev–Trinajstić information content (AvgIpc) is 2.75. The number of carboxylic acids is 1. The quantitative estimate of drug-likeness (QED) is 0.671. The monoisotopic (exact) mass is 289 g/mol. The molecule has 108 valence electrons. The largest absolute Gasteiger partial charge is 0.477 e. The van der Waals surface area contributed by atoms with Crippen molar-refractivity contribution >= 4 is 16.0 Å². The molecule has 0 spiro atoms. The van der Waals surface area contributed by atoms with Crippen LogP contribution in [0.1, 0.15) is 23.8 Å². The van der Waals surface area contributed by atoms with Crippen LogP contribution >= 0.6 is 0 Å². The molecule has 8 heteroatoms. The molecule has 1 atom stereocenters. The summed E-state index contributed by atoms with van der Waals surface area (Å²) in [4.78, 5) is 15.0. The van der Waals surface area contributed by atoms with Gasteiger partial charge in [0.2, 0.25) is 10.0 Å². The molecule has 3 N–H and O–H groups in total. The third-order valence-electron chi connectivity index (χ3n) is 2.56. The lowest BCUT2D eigenvalue weighted by Gasteiger charge is -2.16. The highest BCUT2D eigenvalue weighted by Crippen LogP contribution is 2.11. The summed E-state index contributed by atoms with van der Waals surface area (Å²) in [5.41, 5.74) is -0.152. The van der Waals surface area contributed by atoms with E-state index in [1.54, 1.807) is 6.92 Å². The van der Waals surface area contributed by atoms with Gasteiger partial charge in [-0.25, -0.2) is 17.9 Å². The highest BCUT2D eigenvalue weighted by atomic mass is 32.2. The minimum atomic E-state index is -3.68. The van der Waals surface area contributed by atoms with E-state index in [2.05, 4.69) is 9.71 Å². The van der Waals surface area contributed by atoms with E-state index in [9.17, 15) is 13.2 Å². The maximum Gasteiger partial charge on any atom is 0.352 e. The Morgan fingerprint density at radius 1 is 1.53 bits per heavy atom. The zero-order valence-corrected chi connectivity index (χ0v) is 12.0. The van der Waals surface area contributed by atoms with Crippen LogP contribution in [0.5, 0.6) is 0 Å². The number of nitrogens with zero attached hydrogens (tertiary/aromatic N) is 1. The predicted molar refractivity (Wildman–Crippen MR) is 70.7 cm³/mol. The predicted octanol–water partition coefficient (Wildman–Crippen LogP) is 0.331. The summed E-state index contributed by atoms with van der Waals surface area (Å²) in [7, 11) is 0.135. The van der Waals surface area contributed by atoms with Crippen LogP contribution in [0.2, 0.25) is 0 Å². The molecule has 1 aromatic heterocycles. The van der Waals surface area contributed by atoms with E-state index >= 15 is 0 Å². The van der Waals surface area contributed by atoms with Crippen molar-refractivity contribution in [2.24, 2.45) is 0 Å². The summed E-state index contributed by atoms with van der Waals surface area (Å²) in [5.74, 6) is -1.19. The molecular formula is C11H19N3O4S. The van der Waals surface area contributed by atoms with Crippen molar-refractivity contribution < 1.29 is 18.3 Å². The topological polar surface area (TPSA) is 103 Å². The van der Waals surface area contributed by atoms with E-state index in [0.717, 1.165) is 12.6 Å². The van der Waals surface area contributed by atoms with E-state index in [1.807, 2.05) is 19.0 Å². The Morgan fingerprint density at radius 3 is 2.63 bits per heavy atom. The molecule has 0 amide bonds. The molecule has 0 fully saturated rings. The normalized spacial score (nSPS) is 13.7. The molecule has 1 unspecified atom stereocenters. The molecule has 0 aliphatic carbocycles. The molecule has 1 rings (SSSR count). The van der Waals surface area contributed by atoms with Crippen LogP contribution in [0.25, 0.3) is 0 Å². The third kappa shape index (κ3) is 4.66. The first-order valence-corrected chi connectivity index (χ1v) is 7.29. The molecule has 0 saturated heterocycles. The van der Waals surface area contributed by atoms with Crippen LogP contribution in [-0.2, 0) is 10.0 Å². The van der Waals surface area contributed by atoms with Crippen molar-refractivity contribution in [2.45, 2.75) is 24.3 Å². The smallest absolute Gasteiger partial charge is 0.352 e. The number of aromatic nitrogens is 1. The Bertz CT molecular complexity index is 536. The highest BCUT2D eigenvalue weighted by molar-refractivity contribution is 7.89. The van der Waals surface area contributed by atoms with Crippen LogP contribution in [0.3, 0.4) is 0 Å². The van der Waals surface area contributed by atoms with Crippen LogP contribution < -0.4 is 4.72 Å². The van der Waals surface area contributed by atoms with Gasteiger partial charge in [-0.3, -0.25) is 0 Å². The summed E-state index contributed by atoms with van der Waals surface area (Å²) < 4.78 is 26.5. The number of rotatable bonds is 7. The second kappa shape index (κ2) is 6.18. The number of carbonyl (C=O) groups is 1. The van der Waals surface area contributed by atoms with E-state index in [0.29, 0.717) is 6.42 Å². The van der Waals surface area contributed by atoms with Gasteiger partial charge in [0.05, 0.1) is 0 Å². The Labute approximate surface area is 112 Å². The van der Waals surface area contributed by atoms with Crippen molar-refractivity contribution in [3.05, 3.63) is 18.0 Å². The molecule has 0 saturated carbocycles. The number of aromatic amines is 1. The molecular weight excluding hydrogens is 270 g/mol. The fourth-order valence-corrected chi connectivity index (χ4v) is 2.77. The van der Waals surface area contributed by atoms with Gasteiger partial charge in [-0.2, -0.15) is 0 Å². The van der Waals surface area contributed by atoms with E-state index < -0.39 is 16.0 Å². The zero-order chi connectivity index (χ0) is 14.6. The number of carboxylic acid groups (broad SMARTS) is 1. The molecule has 19 heavy (non-hydrogen) atoms. The van der Waals surface area contributed by atoms with Crippen LogP contribution in [-0.4, -0.2) is 56.1 Å². The van der Waals surface area contributed by atoms with Gasteiger partial charge in [0.15, 0.2) is 0 Å². The minimum absolute atomic E-state index is 0.0680. The van der Waals surface area contributed by atoms with Gasteiger partial charge in [-0.1, -0.05) is 0 Å². The Kier molecular flexibility index (Phi) is 5.10. The Morgan fingerprint density at radius 2 is 2.16 bits per heavy atom. The fourth-order valence-electron chi connectivity index (χ4n) is 1.50. The fraction of sp³-hybridized carbons (Fsp3) is 0.545. The SMILES string of the molecule is CC(CCN(C)C)NS(=O)(=O)c1c[nH]c(C(=O)O)c1. The van der Waals surface area contributed by atoms with E-state index in [-0.39, 0.29) is 16.6 Å². The summed E-state index contributed by atoms with van der Waals surface area (Å²) in [5, 5.41) is 8.74. The van der Waals surface area contributed by atoms with Gasteiger partial charge in [0, 0.05) is 12.2 Å². The summed E-state index contributed by atoms with van der Waals surface area (Å²) >= 11 is 0. The van der Waals surface area contributed by atoms with Crippen molar-refractivity contribution in [3.8, 4) is 0 Å². The lowest BCUT2D eigenvalue weighted by Crippen LogP contribution is -2.34. The first kappa shape index (κ1) is 15.7. The van der Waals surface area contributed by atoms with Crippen molar-refractivity contribution in [2.75, 3.05) is 20.6 Å². The highest BCUT2D eigenvalue weighted by Gasteiger charge is 2.20. The van der Waals surface area contributed by atoms with Crippen LogP contribution in [0, 0.1) is 0 Å². The molecule has 0 aromatic carbocycles. The summed E-state index contributed by atoms with van der Waals surface area (Å²) in [6.45, 7) is 2.53. The maximum absolute atomic E-state index is 12.0. The standard InChI is InChI=1S/C11H19N3O4S/c1-8(4-5-14(2)3)13-19(17,18)9-6-10(11(15)16)12-7-9/h6-8,12-13H,4-5H2,1-3H3,(H,15,16). The van der Waals surface area contributed by atoms with Gasteiger partial charge in [-0.15, -0.1) is 0 Å². The average molecular weight is 289 g/mol. The molecule has 0 radical (unpaired) electrons. The first-order chi connectivity index (χ1) is 8.72. The zero-order valence-electron chi connectivity index (χ0n) is 11.2. The minimum Gasteiger partial charge on any atom is -0.477 e. The Hall–Kier alpha value is -1.38. The number of hydrogen-bond donors (Lipinski definition) is 3. The van der Waals surface area contributed by atoms with Crippen LogP contribution in [0.15, 0.2) is 17.2 Å². The molecule has 7 nitrogen and oxygen atoms in total. The molecule has 0 bridgehead atoms. The lowest BCUT2D eigenvalue weighted by atomic mass is 10.2. The molecule has 1 heterocycles. The van der Waals surface area contributed by atoms with Crippen molar-refractivity contribution in [1.82, 2.24) is 14.6 Å². The van der Waals surface area contributed by atoms with Gasteiger partial charge in [0.1, 0.15) is 10.6 Å². The number of H-pyrrole nitrogens is 1. The number of nitrogens with one attached hydrogen (secondary N) is 2. The Balaban J connectivity index is 2.72. The first-order valence-electron chi connectivity index (χ1n) is 5.81. The van der Waals surface area contributed by atoms with Gasteiger partial charge < -0.3 is 15.0 Å². The second-order valence-electron chi connectivity index (χ2n) is 4.67. The second-order valence-corrected chi connectivity index (χ2v) is 6.38. The molecule has 0 aliphatic heterocycles. The van der Waals surface area contributed by atoms with Gasteiger partial charge >= 0.3 is 5.97 Å². The van der Waals surface area contributed by atoms with Crippen molar-refractivity contribution in [1.29, 1.82) is 0 Å². The van der Waals surface area contributed by atoms with Gasteiger partial charge in [-0.05, 0) is 40.1 Å². The van der Waals surface area contributed by atoms with Crippen molar-refractivity contribution in [3.63, 3.8) is 0 Å². The molecule has 1 aromatic rings. The van der Waals surface area contributed by atoms with E-state index in [1.165, 1.54) is 6.20 Å². The summed E-state index contributed by atoms with van der Waals surface area (Å²) in [6.07, 6.45) is 1.84. The third-order valence-corrected chi connectivity index (χ3v) is 4.13. The summed E-state index contributed by atoms with van der Waals surface area (Å²) in [6, 6.07) is 0.874. The number of aromatic carboxylic acids is 1. The van der Waals surface area contributed by atoms with Crippen LogP contribution in [0.4, 0.5) is 0 Å². The number of hydrogen-bond acceptors (Lipinski definition) is 4. The molecule has 0 aliphatic rings. The van der Waals surface area contributed by atoms with E-state index in [4.69, 9.17) is 5.11 Å². The number of sulfonamides is 1. The van der Waals surface area contributed by atoms with Gasteiger partial charge in [0.25, 0.3) is 0 Å².